The van der Waals surface area contributed by atoms with Gasteiger partial charge in [-0.3, -0.25) is 4.79 Å². The van der Waals surface area contributed by atoms with Gasteiger partial charge in [-0.05, 0) is 23.8 Å². The quantitative estimate of drug-likeness (QED) is 0.862. The van der Waals surface area contributed by atoms with E-state index in [1.807, 2.05) is 31.4 Å². The van der Waals surface area contributed by atoms with Crippen LogP contribution in [0.2, 0.25) is 0 Å². The predicted octanol–water partition coefficient (Wildman–Crippen LogP) is 3.01. The van der Waals surface area contributed by atoms with Crippen molar-refractivity contribution in [2.24, 2.45) is 5.92 Å². The first-order chi connectivity index (χ1) is 9.56. The molecule has 6 heteroatoms. The van der Waals surface area contributed by atoms with Crippen molar-refractivity contribution in [3.05, 3.63) is 28.6 Å². The average Bonchev–Trinajstić information content (AvgIpc) is 3.04. The number of nitrogens with zero attached hydrogens (tertiary/aromatic N) is 1. The predicted molar refractivity (Wildman–Crippen MR) is 83.2 cm³/mol. The number of thiophene rings is 1. The second-order valence-corrected chi connectivity index (χ2v) is 6.98. The van der Waals surface area contributed by atoms with Crippen molar-refractivity contribution in [1.82, 2.24) is 10.3 Å². The van der Waals surface area contributed by atoms with E-state index >= 15 is 0 Å². The molecule has 0 saturated carbocycles. The van der Waals surface area contributed by atoms with Crippen LogP contribution >= 0.6 is 22.7 Å². The molecular weight excluding hydrogens is 292 g/mol. The van der Waals surface area contributed by atoms with Gasteiger partial charge >= 0.3 is 0 Å². The first-order valence-electron chi connectivity index (χ1n) is 6.52. The molecule has 2 rings (SSSR count). The van der Waals surface area contributed by atoms with Gasteiger partial charge in [0, 0.05) is 6.54 Å². The fraction of sp³-hybridized carbons (Fsp3) is 0.429. The van der Waals surface area contributed by atoms with Crippen molar-refractivity contribution in [1.29, 1.82) is 0 Å². The van der Waals surface area contributed by atoms with Gasteiger partial charge < -0.3 is 10.4 Å². The van der Waals surface area contributed by atoms with E-state index in [-0.39, 0.29) is 12.5 Å². The minimum absolute atomic E-state index is 0.173. The number of hydrogen-bond acceptors (Lipinski definition) is 5. The SMILES string of the molecule is CC(C)CC(O)CNC(=O)c1cnc(-c2cccs2)s1. The summed E-state index contributed by atoms with van der Waals surface area (Å²) in [6, 6.07) is 3.95. The molecule has 2 heterocycles. The summed E-state index contributed by atoms with van der Waals surface area (Å²) >= 11 is 2.97. The van der Waals surface area contributed by atoms with E-state index in [0.29, 0.717) is 17.2 Å². The highest BCUT2D eigenvalue weighted by atomic mass is 32.1. The Labute approximate surface area is 126 Å². The summed E-state index contributed by atoms with van der Waals surface area (Å²) in [5, 5.41) is 15.3. The van der Waals surface area contributed by atoms with E-state index in [0.717, 1.165) is 9.88 Å². The fourth-order valence-electron chi connectivity index (χ4n) is 1.82. The van der Waals surface area contributed by atoms with Gasteiger partial charge in [-0.1, -0.05) is 19.9 Å². The molecule has 0 radical (unpaired) electrons. The van der Waals surface area contributed by atoms with Crippen LogP contribution in [0.3, 0.4) is 0 Å². The molecule has 0 aliphatic rings. The van der Waals surface area contributed by atoms with Gasteiger partial charge in [0.25, 0.3) is 5.91 Å². The third-order valence-corrected chi connectivity index (χ3v) is 4.74. The van der Waals surface area contributed by atoms with Crippen LogP contribution in [0.1, 0.15) is 29.9 Å². The minimum Gasteiger partial charge on any atom is -0.391 e. The average molecular weight is 310 g/mol. The van der Waals surface area contributed by atoms with E-state index in [2.05, 4.69) is 10.3 Å². The van der Waals surface area contributed by atoms with Crippen LogP contribution in [0.5, 0.6) is 0 Å². The van der Waals surface area contributed by atoms with Crippen molar-refractivity contribution < 1.29 is 9.90 Å². The second kappa shape index (κ2) is 6.97. The van der Waals surface area contributed by atoms with Gasteiger partial charge in [0.1, 0.15) is 9.88 Å². The first-order valence-corrected chi connectivity index (χ1v) is 8.22. The summed E-state index contributed by atoms with van der Waals surface area (Å²) in [5.41, 5.74) is 0. The number of thiazole rings is 1. The highest BCUT2D eigenvalue weighted by Gasteiger charge is 2.14. The number of aliphatic hydroxyl groups is 1. The van der Waals surface area contributed by atoms with Gasteiger partial charge in [0.15, 0.2) is 0 Å². The van der Waals surface area contributed by atoms with Crippen LogP contribution < -0.4 is 5.32 Å². The molecule has 0 aliphatic heterocycles. The van der Waals surface area contributed by atoms with Crippen molar-refractivity contribution in [3.63, 3.8) is 0 Å². The maximum Gasteiger partial charge on any atom is 0.263 e. The number of rotatable bonds is 6. The molecule has 0 aliphatic carbocycles. The van der Waals surface area contributed by atoms with Crippen LogP contribution in [-0.2, 0) is 0 Å². The lowest BCUT2D eigenvalue weighted by Crippen LogP contribution is -2.32. The van der Waals surface area contributed by atoms with E-state index < -0.39 is 6.10 Å². The molecule has 20 heavy (non-hydrogen) atoms. The molecule has 0 fully saturated rings. The number of nitrogens with one attached hydrogen (secondary N) is 1. The number of hydrogen-bond donors (Lipinski definition) is 2. The normalized spacial score (nSPS) is 12.6. The standard InChI is InChI=1S/C14H18N2O2S2/c1-9(2)6-10(17)7-15-13(18)12-8-16-14(20-12)11-4-3-5-19-11/h3-5,8-10,17H,6-7H2,1-2H3,(H,15,18). The Hall–Kier alpha value is -1.24. The summed E-state index contributed by atoms with van der Waals surface area (Å²) in [7, 11) is 0. The Balaban J connectivity index is 1.90. The molecule has 4 nitrogen and oxygen atoms in total. The fourth-order valence-corrected chi connectivity index (χ4v) is 3.45. The third-order valence-electron chi connectivity index (χ3n) is 2.70. The van der Waals surface area contributed by atoms with Crippen molar-refractivity contribution in [2.45, 2.75) is 26.4 Å². The zero-order valence-electron chi connectivity index (χ0n) is 11.5. The Morgan fingerprint density at radius 1 is 1.50 bits per heavy atom. The maximum absolute atomic E-state index is 12.0. The lowest BCUT2D eigenvalue weighted by atomic mass is 10.1. The maximum atomic E-state index is 12.0. The Kier molecular flexibility index (Phi) is 5.28. The van der Waals surface area contributed by atoms with Crippen LogP contribution in [0.4, 0.5) is 0 Å². The van der Waals surface area contributed by atoms with E-state index in [1.54, 1.807) is 17.5 Å². The second-order valence-electron chi connectivity index (χ2n) is 5.00. The van der Waals surface area contributed by atoms with Gasteiger partial charge in [-0.2, -0.15) is 0 Å². The van der Waals surface area contributed by atoms with Gasteiger partial charge in [-0.15, -0.1) is 22.7 Å². The zero-order chi connectivity index (χ0) is 14.5. The first kappa shape index (κ1) is 15.2. The van der Waals surface area contributed by atoms with E-state index in [9.17, 15) is 9.90 Å². The molecule has 1 unspecified atom stereocenters. The van der Waals surface area contributed by atoms with Crippen molar-refractivity contribution in [2.75, 3.05) is 6.54 Å². The van der Waals surface area contributed by atoms with Crippen molar-refractivity contribution in [3.8, 4) is 9.88 Å². The molecule has 2 aromatic heterocycles. The van der Waals surface area contributed by atoms with E-state index in [4.69, 9.17) is 0 Å². The summed E-state index contributed by atoms with van der Waals surface area (Å²) in [6.07, 6.45) is 1.77. The highest BCUT2D eigenvalue weighted by molar-refractivity contribution is 7.21. The molecule has 0 spiro atoms. The number of aliphatic hydroxyl groups excluding tert-OH is 1. The Morgan fingerprint density at radius 3 is 2.95 bits per heavy atom. The molecule has 0 bridgehead atoms. The number of carbonyl (C=O) groups is 1. The Bertz CT molecular complexity index is 549. The molecular formula is C14H18N2O2S2. The van der Waals surface area contributed by atoms with Gasteiger partial charge in [0.2, 0.25) is 0 Å². The third kappa shape index (κ3) is 4.13. The number of aromatic nitrogens is 1. The number of amides is 1. The summed E-state index contributed by atoms with van der Waals surface area (Å²) in [5.74, 6) is 0.240. The monoisotopic (exact) mass is 310 g/mol. The molecule has 0 aromatic carbocycles. The van der Waals surface area contributed by atoms with Crippen LogP contribution in [0.15, 0.2) is 23.7 Å². The summed E-state index contributed by atoms with van der Waals surface area (Å²) in [4.78, 5) is 17.9. The summed E-state index contributed by atoms with van der Waals surface area (Å²) < 4.78 is 0. The topological polar surface area (TPSA) is 62.2 Å². The molecule has 0 saturated heterocycles. The largest absolute Gasteiger partial charge is 0.391 e. The lowest BCUT2D eigenvalue weighted by molar-refractivity contribution is 0.0904. The summed E-state index contributed by atoms with van der Waals surface area (Å²) in [6.45, 7) is 4.37. The van der Waals surface area contributed by atoms with Crippen LogP contribution in [0, 0.1) is 5.92 Å². The lowest BCUT2D eigenvalue weighted by Gasteiger charge is -2.13. The highest BCUT2D eigenvalue weighted by Crippen LogP contribution is 2.28. The van der Waals surface area contributed by atoms with Gasteiger partial charge in [-0.25, -0.2) is 4.98 Å². The molecule has 108 valence electrons. The molecule has 2 N–H and O–H groups in total. The van der Waals surface area contributed by atoms with Gasteiger partial charge in [0.05, 0.1) is 17.2 Å². The molecule has 1 atom stereocenters. The van der Waals surface area contributed by atoms with Crippen LogP contribution in [-0.4, -0.2) is 28.6 Å². The molecule has 1 amide bonds. The molecule has 2 aromatic rings. The van der Waals surface area contributed by atoms with E-state index in [1.165, 1.54) is 11.3 Å². The Morgan fingerprint density at radius 2 is 2.30 bits per heavy atom. The zero-order valence-corrected chi connectivity index (χ0v) is 13.1. The smallest absolute Gasteiger partial charge is 0.263 e. The van der Waals surface area contributed by atoms with Crippen LogP contribution in [0.25, 0.3) is 9.88 Å². The van der Waals surface area contributed by atoms with Crippen molar-refractivity contribution >= 4 is 28.6 Å². The number of carbonyl (C=O) groups excluding carboxylic acids is 1. The minimum atomic E-state index is -0.497.